The van der Waals surface area contributed by atoms with Crippen LogP contribution in [0.1, 0.15) is 11.1 Å². The summed E-state index contributed by atoms with van der Waals surface area (Å²) in [4.78, 5) is 11.7. The molecule has 2 rings (SSSR count). The van der Waals surface area contributed by atoms with Crippen molar-refractivity contribution in [3.8, 4) is 0 Å². The van der Waals surface area contributed by atoms with E-state index in [-0.39, 0.29) is 11.9 Å². The Kier molecular flexibility index (Phi) is 3.85. The Labute approximate surface area is 100.0 Å². The Hall–Kier alpha value is -1.000. The molecule has 0 aromatic heterocycles. The van der Waals surface area contributed by atoms with Crippen LogP contribution in [-0.4, -0.2) is 23.6 Å². The molecular weight excluding hydrogens is 220 g/mol. The van der Waals surface area contributed by atoms with Crippen molar-refractivity contribution in [2.24, 2.45) is 0 Å². The number of rotatable bonds is 3. The first kappa shape index (κ1) is 11.5. The van der Waals surface area contributed by atoms with Gasteiger partial charge in [-0.05, 0) is 18.1 Å². The summed E-state index contributed by atoms with van der Waals surface area (Å²) in [6.45, 7) is 2.68. The third-order valence-electron chi connectivity index (χ3n) is 2.75. The fraction of sp³-hybridized carbons (Fsp3) is 0.417. The van der Waals surface area contributed by atoms with Gasteiger partial charge in [0, 0.05) is 18.2 Å². The maximum atomic E-state index is 11.7. The maximum Gasteiger partial charge on any atom is 0.238 e. The van der Waals surface area contributed by atoms with Crippen LogP contribution in [-0.2, 0) is 11.3 Å². The van der Waals surface area contributed by atoms with Crippen LogP contribution in [0.2, 0.25) is 0 Å². The van der Waals surface area contributed by atoms with E-state index in [0.29, 0.717) is 6.54 Å². The van der Waals surface area contributed by atoms with Crippen LogP contribution >= 0.6 is 11.8 Å². The van der Waals surface area contributed by atoms with Gasteiger partial charge in [0.1, 0.15) is 0 Å². The first-order valence-electron chi connectivity index (χ1n) is 5.41. The van der Waals surface area contributed by atoms with Crippen LogP contribution in [0, 0.1) is 6.92 Å². The third kappa shape index (κ3) is 2.77. The van der Waals surface area contributed by atoms with Crippen LogP contribution < -0.4 is 10.6 Å². The van der Waals surface area contributed by atoms with Crippen molar-refractivity contribution >= 4 is 17.7 Å². The fourth-order valence-electron chi connectivity index (χ4n) is 1.68. The Morgan fingerprint density at radius 1 is 1.56 bits per heavy atom. The van der Waals surface area contributed by atoms with Gasteiger partial charge in [-0.15, -0.1) is 11.8 Å². The molecule has 1 amide bonds. The van der Waals surface area contributed by atoms with E-state index in [0.717, 1.165) is 11.6 Å². The topological polar surface area (TPSA) is 41.1 Å². The average Bonchev–Trinajstić information content (AvgIpc) is 2.81. The molecule has 2 N–H and O–H groups in total. The molecule has 1 unspecified atom stereocenters. The Morgan fingerprint density at radius 3 is 3.06 bits per heavy atom. The summed E-state index contributed by atoms with van der Waals surface area (Å²) < 4.78 is 0. The van der Waals surface area contributed by atoms with Crippen LogP contribution in [0.3, 0.4) is 0 Å². The Balaban J connectivity index is 1.87. The number of nitrogens with one attached hydrogen (secondary N) is 2. The number of hydrogen-bond donors (Lipinski definition) is 2. The lowest BCUT2D eigenvalue weighted by Crippen LogP contribution is -2.41. The molecule has 1 heterocycles. The van der Waals surface area contributed by atoms with Crippen molar-refractivity contribution in [3.63, 3.8) is 0 Å². The molecule has 3 nitrogen and oxygen atoms in total. The highest BCUT2D eigenvalue weighted by molar-refractivity contribution is 7.99. The second-order valence-corrected chi connectivity index (χ2v) is 4.95. The lowest BCUT2D eigenvalue weighted by atomic mass is 10.1. The van der Waals surface area contributed by atoms with Gasteiger partial charge in [0.15, 0.2) is 0 Å². The minimum atomic E-state index is -0.0194. The molecule has 1 aliphatic rings. The van der Waals surface area contributed by atoms with E-state index in [1.165, 1.54) is 11.1 Å². The van der Waals surface area contributed by atoms with Gasteiger partial charge in [0.2, 0.25) is 5.91 Å². The first-order valence-corrected chi connectivity index (χ1v) is 6.56. The zero-order valence-corrected chi connectivity index (χ0v) is 10.1. The molecule has 4 heteroatoms. The predicted molar refractivity (Wildman–Crippen MR) is 67.3 cm³/mol. The minimum absolute atomic E-state index is 0.0194. The molecule has 1 atom stereocenters. The molecule has 0 radical (unpaired) electrons. The first-order chi connectivity index (χ1) is 7.77. The molecule has 1 aliphatic heterocycles. The van der Waals surface area contributed by atoms with Crippen LogP contribution in [0.4, 0.5) is 0 Å². The number of hydrogen-bond acceptors (Lipinski definition) is 3. The van der Waals surface area contributed by atoms with Gasteiger partial charge in [-0.3, -0.25) is 10.1 Å². The highest BCUT2D eigenvalue weighted by Crippen LogP contribution is 2.10. The maximum absolute atomic E-state index is 11.7. The smallest absolute Gasteiger partial charge is 0.238 e. The van der Waals surface area contributed by atoms with Gasteiger partial charge in [0.05, 0.1) is 6.04 Å². The molecule has 1 fully saturated rings. The Bertz CT molecular complexity index is 375. The summed E-state index contributed by atoms with van der Waals surface area (Å²) >= 11 is 1.76. The molecule has 1 aromatic carbocycles. The molecule has 1 saturated heterocycles. The van der Waals surface area contributed by atoms with Crippen molar-refractivity contribution < 1.29 is 4.79 Å². The molecule has 16 heavy (non-hydrogen) atoms. The quantitative estimate of drug-likeness (QED) is 0.830. The van der Waals surface area contributed by atoms with Gasteiger partial charge in [-0.25, -0.2) is 0 Å². The lowest BCUT2D eigenvalue weighted by molar-refractivity contribution is -0.122. The molecule has 0 aliphatic carbocycles. The standard InChI is InChI=1S/C12H16N2OS/c1-9-4-2-3-5-10(9)6-13-12(15)11-7-16-8-14-11/h2-5,11,14H,6-8H2,1H3,(H,13,15). The number of carbonyl (C=O) groups excluding carboxylic acids is 1. The summed E-state index contributed by atoms with van der Waals surface area (Å²) in [6, 6.07) is 8.10. The van der Waals surface area contributed by atoms with E-state index in [1.807, 2.05) is 18.2 Å². The van der Waals surface area contributed by atoms with Crippen molar-refractivity contribution in [1.82, 2.24) is 10.6 Å². The van der Waals surface area contributed by atoms with Crippen molar-refractivity contribution in [2.75, 3.05) is 11.6 Å². The van der Waals surface area contributed by atoms with E-state index in [2.05, 4.69) is 23.6 Å². The summed E-state index contributed by atoms with van der Waals surface area (Å²) in [7, 11) is 0. The predicted octanol–water partition coefficient (Wildman–Crippen LogP) is 1.27. The van der Waals surface area contributed by atoms with Gasteiger partial charge in [-0.1, -0.05) is 24.3 Å². The Morgan fingerprint density at radius 2 is 2.38 bits per heavy atom. The van der Waals surface area contributed by atoms with Crippen molar-refractivity contribution in [1.29, 1.82) is 0 Å². The van der Waals surface area contributed by atoms with Gasteiger partial charge in [0.25, 0.3) is 0 Å². The van der Waals surface area contributed by atoms with Crippen molar-refractivity contribution in [3.05, 3.63) is 35.4 Å². The summed E-state index contributed by atoms with van der Waals surface area (Å²) in [5.41, 5.74) is 2.40. The monoisotopic (exact) mass is 236 g/mol. The number of thioether (sulfide) groups is 1. The van der Waals surface area contributed by atoms with E-state index in [4.69, 9.17) is 0 Å². The second kappa shape index (κ2) is 5.37. The SMILES string of the molecule is Cc1ccccc1CNC(=O)C1CSCN1. The van der Waals surface area contributed by atoms with E-state index in [9.17, 15) is 4.79 Å². The number of aryl methyl sites for hydroxylation is 1. The molecule has 0 spiro atoms. The van der Waals surface area contributed by atoms with Crippen LogP contribution in [0.25, 0.3) is 0 Å². The summed E-state index contributed by atoms with van der Waals surface area (Å²) in [6.07, 6.45) is 0. The second-order valence-electron chi connectivity index (χ2n) is 3.92. The van der Waals surface area contributed by atoms with Crippen LogP contribution in [0.5, 0.6) is 0 Å². The van der Waals surface area contributed by atoms with Crippen LogP contribution in [0.15, 0.2) is 24.3 Å². The number of carbonyl (C=O) groups is 1. The zero-order chi connectivity index (χ0) is 11.4. The molecule has 1 aromatic rings. The highest BCUT2D eigenvalue weighted by atomic mass is 32.2. The molecule has 0 bridgehead atoms. The fourth-order valence-corrected chi connectivity index (χ4v) is 2.62. The van der Waals surface area contributed by atoms with Gasteiger partial charge in [-0.2, -0.15) is 0 Å². The van der Waals surface area contributed by atoms with E-state index in [1.54, 1.807) is 11.8 Å². The van der Waals surface area contributed by atoms with E-state index >= 15 is 0 Å². The summed E-state index contributed by atoms with van der Waals surface area (Å²) in [5, 5.41) is 6.13. The number of amides is 1. The van der Waals surface area contributed by atoms with Gasteiger partial charge >= 0.3 is 0 Å². The average molecular weight is 236 g/mol. The molecule has 0 saturated carbocycles. The lowest BCUT2D eigenvalue weighted by Gasteiger charge is -2.11. The zero-order valence-electron chi connectivity index (χ0n) is 9.32. The van der Waals surface area contributed by atoms with E-state index < -0.39 is 0 Å². The number of benzene rings is 1. The highest BCUT2D eigenvalue weighted by Gasteiger charge is 2.21. The molecule has 86 valence electrons. The normalized spacial score (nSPS) is 19.7. The summed E-state index contributed by atoms with van der Waals surface area (Å²) in [5.74, 6) is 1.86. The molecular formula is C12H16N2OS. The largest absolute Gasteiger partial charge is 0.351 e. The minimum Gasteiger partial charge on any atom is -0.351 e. The van der Waals surface area contributed by atoms with Crippen molar-refractivity contribution in [2.45, 2.75) is 19.5 Å². The van der Waals surface area contributed by atoms with Gasteiger partial charge < -0.3 is 5.32 Å². The third-order valence-corrected chi connectivity index (χ3v) is 3.69.